The van der Waals surface area contributed by atoms with Crippen molar-refractivity contribution in [1.82, 2.24) is 0 Å². The summed E-state index contributed by atoms with van der Waals surface area (Å²) in [6.07, 6.45) is 0. The van der Waals surface area contributed by atoms with Crippen molar-refractivity contribution in [1.29, 1.82) is 0 Å². The monoisotopic (exact) mass is 385 g/mol. The van der Waals surface area contributed by atoms with E-state index in [9.17, 15) is 0 Å². The zero-order valence-corrected chi connectivity index (χ0v) is 16.2. The van der Waals surface area contributed by atoms with Gasteiger partial charge in [0.2, 0.25) is 0 Å². The van der Waals surface area contributed by atoms with Gasteiger partial charge in [0, 0.05) is 21.3 Å². The van der Waals surface area contributed by atoms with Gasteiger partial charge in [-0.2, -0.15) is 0 Å². The molecular weight excluding hydrogens is 350 g/mol. The van der Waals surface area contributed by atoms with Gasteiger partial charge in [-0.05, 0) is 0 Å². The molecule has 0 aromatic carbocycles. The van der Waals surface area contributed by atoms with Gasteiger partial charge in [0.1, 0.15) is 20.4 Å². The van der Waals surface area contributed by atoms with Crippen LogP contribution in [0.25, 0.3) is 0 Å². The Morgan fingerprint density at radius 3 is 1.08 bits per heavy atom. The second-order valence-corrected chi connectivity index (χ2v) is 5.46. The van der Waals surface area contributed by atoms with Gasteiger partial charge < -0.3 is 48.4 Å². The maximum atomic E-state index is 6.31. The molecule has 2 N–H and O–H groups in total. The van der Waals surface area contributed by atoms with Crippen molar-refractivity contribution >= 4 is 0 Å². The Morgan fingerprint density at radius 1 is 0.500 bits per heavy atom. The van der Waals surface area contributed by atoms with Crippen LogP contribution in [-0.4, -0.2) is 107 Å². The molecule has 0 rings (SSSR count). The lowest BCUT2D eigenvalue weighted by Crippen LogP contribution is -2.53. The van der Waals surface area contributed by atoms with Crippen LogP contribution in [0.5, 0.6) is 0 Å². The molecule has 0 saturated heterocycles. The molecule has 10 heteroatoms. The summed E-state index contributed by atoms with van der Waals surface area (Å²) in [4.78, 5) is 0. The molecule has 0 fully saturated rings. The molecule has 0 aliphatic rings. The van der Waals surface area contributed by atoms with Gasteiger partial charge in [0.05, 0.1) is 65.0 Å². The van der Waals surface area contributed by atoms with E-state index in [2.05, 4.69) is 0 Å². The first-order chi connectivity index (χ1) is 12.7. The standard InChI is InChI=1S/C16H35NO9/c1-18-4-7-21-13-24-10-16(17,11-25-14-22-8-5-19-2)12-26-15-23-9-6-20-3/h4-15,17H2,1-3H3. The van der Waals surface area contributed by atoms with Gasteiger partial charge >= 0.3 is 0 Å². The summed E-state index contributed by atoms with van der Waals surface area (Å²) in [6.45, 7) is 3.74. The van der Waals surface area contributed by atoms with Crippen LogP contribution in [0.2, 0.25) is 0 Å². The molecule has 26 heavy (non-hydrogen) atoms. The Labute approximate surface area is 156 Å². The van der Waals surface area contributed by atoms with Crippen LogP contribution in [0.4, 0.5) is 0 Å². The van der Waals surface area contributed by atoms with Gasteiger partial charge in [0.15, 0.2) is 0 Å². The highest BCUT2D eigenvalue weighted by Gasteiger charge is 2.27. The second-order valence-electron chi connectivity index (χ2n) is 5.46. The minimum absolute atomic E-state index is 0.108. The average Bonchev–Trinajstić information content (AvgIpc) is 2.64. The highest BCUT2D eigenvalue weighted by atomic mass is 16.7. The van der Waals surface area contributed by atoms with E-state index in [1.807, 2.05) is 0 Å². The molecule has 10 nitrogen and oxygen atoms in total. The van der Waals surface area contributed by atoms with Crippen LogP contribution in [0, 0.1) is 0 Å². The van der Waals surface area contributed by atoms with Crippen molar-refractivity contribution in [2.45, 2.75) is 5.54 Å². The summed E-state index contributed by atoms with van der Waals surface area (Å²) in [5, 5.41) is 0. The number of ether oxygens (including phenoxy) is 9. The van der Waals surface area contributed by atoms with E-state index in [-0.39, 0.29) is 40.2 Å². The highest BCUT2D eigenvalue weighted by Crippen LogP contribution is 2.05. The smallest absolute Gasteiger partial charge is 0.146 e. The van der Waals surface area contributed by atoms with Crippen molar-refractivity contribution in [3.05, 3.63) is 0 Å². The van der Waals surface area contributed by atoms with Crippen LogP contribution in [0.3, 0.4) is 0 Å². The summed E-state index contributed by atoms with van der Waals surface area (Å²) in [7, 11) is 4.81. The summed E-state index contributed by atoms with van der Waals surface area (Å²) >= 11 is 0. The van der Waals surface area contributed by atoms with Crippen LogP contribution in [0.15, 0.2) is 0 Å². The lowest BCUT2D eigenvalue weighted by molar-refractivity contribution is -0.134. The van der Waals surface area contributed by atoms with E-state index >= 15 is 0 Å². The normalized spacial score (nSPS) is 12.0. The zero-order valence-electron chi connectivity index (χ0n) is 16.2. The van der Waals surface area contributed by atoms with E-state index in [1.165, 1.54) is 0 Å². The quantitative estimate of drug-likeness (QED) is 0.207. The summed E-state index contributed by atoms with van der Waals surface area (Å²) in [5.41, 5.74) is 5.44. The highest BCUT2D eigenvalue weighted by molar-refractivity contribution is 4.83. The third-order valence-corrected chi connectivity index (χ3v) is 2.96. The van der Waals surface area contributed by atoms with Crippen molar-refractivity contribution in [3.63, 3.8) is 0 Å². The third kappa shape index (κ3) is 17.0. The van der Waals surface area contributed by atoms with Crippen molar-refractivity contribution in [2.75, 3.05) is 101 Å². The molecule has 0 atom stereocenters. The fourth-order valence-corrected chi connectivity index (χ4v) is 1.64. The predicted octanol–water partition coefficient (Wildman–Crippen LogP) is -0.405. The molecule has 0 aliphatic carbocycles. The lowest BCUT2D eigenvalue weighted by Gasteiger charge is -2.28. The summed E-state index contributed by atoms with van der Waals surface area (Å²) in [6, 6.07) is 0. The fourth-order valence-electron chi connectivity index (χ4n) is 1.64. The third-order valence-electron chi connectivity index (χ3n) is 2.96. The predicted molar refractivity (Wildman–Crippen MR) is 92.9 cm³/mol. The Balaban J connectivity index is 4.02. The SMILES string of the molecule is COCCOCOCC(N)(COCOCCOC)COCOCCOC. The van der Waals surface area contributed by atoms with Crippen LogP contribution in [-0.2, 0) is 42.6 Å². The summed E-state index contributed by atoms with van der Waals surface area (Å²) in [5.74, 6) is 0. The van der Waals surface area contributed by atoms with Gasteiger partial charge in [0.25, 0.3) is 0 Å². The molecule has 0 bridgehead atoms. The van der Waals surface area contributed by atoms with E-state index in [0.29, 0.717) is 39.6 Å². The van der Waals surface area contributed by atoms with Crippen LogP contribution in [0.1, 0.15) is 0 Å². The van der Waals surface area contributed by atoms with Crippen LogP contribution < -0.4 is 5.73 Å². The van der Waals surface area contributed by atoms with E-state index in [4.69, 9.17) is 48.4 Å². The second kappa shape index (κ2) is 19.4. The Bertz CT molecular complexity index is 244. The number of nitrogens with two attached hydrogens (primary N) is 1. The molecule has 0 saturated carbocycles. The molecular formula is C16H35NO9. The van der Waals surface area contributed by atoms with Gasteiger partial charge in [-0.15, -0.1) is 0 Å². The minimum atomic E-state index is -0.861. The Morgan fingerprint density at radius 2 is 0.808 bits per heavy atom. The molecule has 0 spiro atoms. The Kier molecular flexibility index (Phi) is 19.1. The summed E-state index contributed by atoms with van der Waals surface area (Å²) < 4.78 is 46.8. The first-order valence-electron chi connectivity index (χ1n) is 8.40. The number of methoxy groups -OCH3 is 3. The first kappa shape index (κ1) is 25.6. The van der Waals surface area contributed by atoms with Gasteiger partial charge in [-0.1, -0.05) is 0 Å². The molecule has 0 aliphatic heterocycles. The first-order valence-corrected chi connectivity index (χ1v) is 8.40. The van der Waals surface area contributed by atoms with E-state index in [1.54, 1.807) is 21.3 Å². The number of hydrogen-bond donors (Lipinski definition) is 1. The maximum Gasteiger partial charge on any atom is 0.146 e. The molecule has 0 unspecified atom stereocenters. The fraction of sp³-hybridized carbons (Fsp3) is 1.00. The maximum absolute atomic E-state index is 6.31. The van der Waals surface area contributed by atoms with Crippen molar-refractivity contribution in [3.8, 4) is 0 Å². The topological polar surface area (TPSA) is 109 Å². The number of rotatable bonds is 21. The molecule has 0 aromatic rings. The van der Waals surface area contributed by atoms with Crippen LogP contribution >= 0.6 is 0 Å². The van der Waals surface area contributed by atoms with Gasteiger partial charge in [-0.25, -0.2) is 0 Å². The van der Waals surface area contributed by atoms with Gasteiger partial charge in [-0.3, -0.25) is 0 Å². The largest absolute Gasteiger partial charge is 0.382 e. The van der Waals surface area contributed by atoms with E-state index < -0.39 is 5.54 Å². The zero-order chi connectivity index (χ0) is 19.3. The van der Waals surface area contributed by atoms with E-state index in [0.717, 1.165) is 0 Å². The molecule has 158 valence electrons. The molecule has 0 amide bonds. The lowest BCUT2D eigenvalue weighted by atomic mass is 10.1. The molecule has 0 aromatic heterocycles. The molecule has 0 radical (unpaired) electrons. The molecule has 0 heterocycles. The van der Waals surface area contributed by atoms with Crippen molar-refractivity contribution in [2.24, 2.45) is 5.73 Å². The average molecular weight is 385 g/mol. The minimum Gasteiger partial charge on any atom is -0.382 e. The van der Waals surface area contributed by atoms with Crippen molar-refractivity contribution < 1.29 is 42.6 Å². The number of hydrogen-bond acceptors (Lipinski definition) is 10. The Hall–Kier alpha value is -0.400.